The smallest absolute Gasteiger partial charge is 0.142 e. The van der Waals surface area contributed by atoms with E-state index >= 15 is 0 Å². The fraction of sp³-hybridized carbons (Fsp3) is 0.200. The minimum Gasteiger partial charge on any atom is -0.480 e. The molecule has 0 aromatic heterocycles. The van der Waals surface area contributed by atoms with Crippen LogP contribution in [0, 0.1) is 5.82 Å². The molecule has 2 aromatic rings. The van der Waals surface area contributed by atoms with Gasteiger partial charge in [-0.2, -0.15) is 0 Å². The molecule has 2 radical (unpaired) electrons. The molecule has 0 spiro atoms. The van der Waals surface area contributed by atoms with Crippen molar-refractivity contribution in [1.82, 2.24) is 0 Å². The lowest BCUT2D eigenvalue weighted by Gasteiger charge is -2.20. The molecular weight excluding hydrogens is 240 g/mol. The first-order chi connectivity index (χ1) is 9.09. The van der Waals surface area contributed by atoms with Gasteiger partial charge in [0.2, 0.25) is 0 Å². The summed E-state index contributed by atoms with van der Waals surface area (Å²) in [6.07, 6.45) is 1.79. The zero-order chi connectivity index (χ0) is 13.5. The molecule has 2 nitrogen and oxygen atoms in total. The highest BCUT2D eigenvalue weighted by Crippen LogP contribution is 2.50. The standard InChI is InChI=1S/C15H13BFNO/c16-11-3-6-13(18)14(9-11)19-15(7-8-15)10-1-4-12(17)5-2-10/h1-6,9H,7-8,18H2. The van der Waals surface area contributed by atoms with Crippen molar-refractivity contribution in [2.45, 2.75) is 18.4 Å². The Hall–Kier alpha value is -1.97. The Balaban J connectivity index is 1.90. The van der Waals surface area contributed by atoms with E-state index in [-0.39, 0.29) is 11.4 Å². The first-order valence-electron chi connectivity index (χ1n) is 6.19. The van der Waals surface area contributed by atoms with Crippen LogP contribution in [-0.2, 0) is 5.60 Å². The first-order valence-corrected chi connectivity index (χ1v) is 6.19. The molecule has 1 fully saturated rings. The van der Waals surface area contributed by atoms with Crippen LogP contribution in [0.5, 0.6) is 5.75 Å². The normalized spacial score (nSPS) is 16.1. The van der Waals surface area contributed by atoms with Crippen molar-refractivity contribution >= 4 is 19.0 Å². The van der Waals surface area contributed by atoms with Crippen LogP contribution in [-0.4, -0.2) is 7.85 Å². The molecule has 19 heavy (non-hydrogen) atoms. The van der Waals surface area contributed by atoms with Crippen molar-refractivity contribution < 1.29 is 9.13 Å². The molecule has 0 amide bonds. The fourth-order valence-corrected chi connectivity index (χ4v) is 2.17. The van der Waals surface area contributed by atoms with Gasteiger partial charge in [-0.3, -0.25) is 0 Å². The van der Waals surface area contributed by atoms with Crippen molar-refractivity contribution in [3.8, 4) is 5.75 Å². The third kappa shape index (κ3) is 2.30. The van der Waals surface area contributed by atoms with Crippen LogP contribution in [0.3, 0.4) is 0 Å². The number of ether oxygens (including phenoxy) is 1. The van der Waals surface area contributed by atoms with Gasteiger partial charge in [0, 0.05) is 0 Å². The number of rotatable bonds is 3. The van der Waals surface area contributed by atoms with E-state index in [1.165, 1.54) is 12.1 Å². The predicted octanol–water partition coefficient (Wildman–Crippen LogP) is 2.27. The van der Waals surface area contributed by atoms with Crippen molar-refractivity contribution in [3.63, 3.8) is 0 Å². The molecule has 0 aliphatic heterocycles. The molecule has 4 heteroatoms. The third-order valence-electron chi connectivity index (χ3n) is 3.42. The van der Waals surface area contributed by atoms with Gasteiger partial charge in [-0.15, -0.1) is 0 Å². The van der Waals surface area contributed by atoms with Crippen LogP contribution in [0.15, 0.2) is 42.5 Å². The van der Waals surface area contributed by atoms with E-state index in [4.69, 9.17) is 18.3 Å². The largest absolute Gasteiger partial charge is 0.480 e. The Kier molecular flexibility index (Phi) is 2.74. The van der Waals surface area contributed by atoms with Crippen molar-refractivity contribution in [3.05, 3.63) is 53.8 Å². The highest BCUT2D eigenvalue weighted by Gasteiger charge is 2.47. The molecule has 0 unspecified atom stereocenters. The third-order valence-corrected chi connectivity index (χ3v) is 3.42. The molecule has 3 rings (SSSR count). The Morgan fingerprint density at radius 1 is 1.11 bits per heavy atom. The Bertz CT molecular complexity index is 608. The quantitative estimate of drug-likeness (QED) is 0.672. The molecule has 1 aliphatic rings. The van der Waals surface area contributed by atoms with E-state index in [9.17, 15) is 4.39 Å². The number of hydrogen-bond donors (Lipinski definition) is 1. The van der Waals surface area contributed by atoms with Gasteiger partial charge >= 0.3 is 0 Å². The summed E-state index contributed by atoms with van der Waals surface area (Å²) >= 11 is 0. The van der Waals surface area contributed by atoms with E-state index in [1.807, 2.05) is 0 Å². The monoisotopic (exact) mass is 253 g/mol. The summed E-state index contributed by atoms with van der Waals surface area (Å²) in [4.78, 5) is 0. The SMILES string of the molecule is [B]c1ccc(N)c(OC2(c3ccc(F)cc3)CC2)c1. The highest BCUT2D eigenvalue weighted by molar-refractivity contribution is 6.32. The zero-order valence-corrected chi connectivity index (χ0v) is 10.4. The molecule has 0 bridgehead atoms. The van der Waals surface area contributed by atoms with Crippen LogP contribution in [0.4, 0.5) is 10.1 Å². The second kappa shape index (κ2) is 4.30. The molecular formula is C15H13BFNO. The lowest BCUT2D eigenvalue weighted by atomic mass is 9.96. The van der Waals surface area contributed by atoms with Crippen molar-refractivity contribution in [2.24, 2.45) is 0 Å². The topological polar surface area (TPSA) is 35.2 Å². The maximum atomic E-state index is 13.0. The van der Waals surface area contributed by atoms with Crippen LogP contribution in [0.1, 0.15) is 18.4 Å². The molecule has 0 atom stereocenters. The molecule has 0 saturated heterocycles. The summed E-state index contributed by atoms with van der Waals surface area (Å²) < 4.78 is 19.0. The molecule has 1 saturated carbocycles. The molecule has 94 valence electrons. The average molecular weight is 253 g/mol. The Morgan fingerprint density at radius 2 is 1.79 bits per heavy atom. The van der Waals surface area contributed by atoms with Gasteiger partial charge in [-0.05, 0) is 42.7 Å². The van der Waals surface area contributed by atoms with Crippen LogP contribution >= 0.6 is 0 Å². The van der Waals surface area contributed by atoms with Gasteiger partial charge in [0.05, 0.1) is 5.69 Å². The van der Waals surface area contributed by atoms with Crippen molar-refractivity contribution in [1.29, 1.82) is 0 Å². The Labute approximate surface area is 112 Å². The fourth-order valence-electron chi connectivity index (χ4n) is 2.17. The second-order valence-electron chi connectivity index (χ2n) is 4.90. The van der Waals surface area contributed by atoms with Gasteiger partial charge in [0.1, 0.15) is 25.0 Å². The summed E-state index contributed by atoms with van der Waals surface area (Å²) in [6.45, 7) is 0. The van der Waals surface area contributed by atoms with E-state index in [2.05, 4.69) is 0 Å². The second-order valence-corrected chi connectivity index (χ2v) is 4.90. The minimum absolute atomic E-state index is 0.247. The highest BCUT2D eigenvalue weighted by atomic mass is 19.1. The van der Waals surface area contributed by atoms with Gasteiger partial charge in [0.15, 0.2) is 0 Å². The average Bonchev–Trinajstić information content (AvgIpc) is 3.16. The van der Waals surface area contributed by atoms with Gasteiger partial charge in [-0.25, -0.2) is 4.39 Å². The minimum atomic E-state index is -0.379. The van der Waals surface area contributed by atoms with E-state index < -0.39 is 0 Å². The zero-order valence-electron chi connectivity index (χ0n) is 10.4. The lowest BCUT2D eigenvalue weighted by molar-refractivity contribution is 0.182. The summed E-state index contributed by atoms with van der Waals surface area (Å²) in [5, 5.41) is 0. The van der Waals surface area contributed by atoms with Crippen molar-refractivity contribution in [2.75, 3.05) is 5.73 Å². The van der Waals surface area contributed by atoms with Crippen LogP contribution in [0.25, 0.3) is 0 Å². The molecule has 0 heterocycles. The number of benzene rings is 2. The maximum Gasteiger partial charge on any atom is 0.142 e. The Morgan fingerprint density at radius 3 is 2.42 bits per heavy atom. The number of hydrogen-bond acceptors (Lipinski definition) is 2. The van der Waals surface area contributed by atoms with Gasteiger partial charge < -0.3 is 10.5 Å². The molecule has 2 N–H and O–H groups in total. The number of nitrogen functional groups attached to an aromatic ring is 1. The maximum absolute atomic E-state index is 13.0. The number of nitrogens with two attached hydrogens (primary N) is 1. The van der Waals surface area contributed by atoms with Gasteiger partial charge in [-0.1, -0.05) is 23.7 Å². The number of halogens is 1. The van der Waals surface area contributed by atoms with Crippen LogP contribution < -0.4 is 15.9 Å². The lowest BCUT2D eigenvalue weighted by Crippen LogP contribution is -2.17. The molecule has 1 aliphatic carbocycles. The van der Waals surface area contributed by atoms with Gasteiger partial charge in [0.25, 0.3) is 0 Å². The van der Waals surface area contributed by atoms with E-state index in [0.29, 0.717) is 16.9 Å². The molecule has 2 aromatic carbocycles. The summed E-state index contributed by atoms with van der Waals surface area (Å²) in [5.74, 6) is 0.338. The number of anilines is 1. The van der Waals surface area contributed by atoms with E-state index in [0.717, 1.165) is 18.4 Å². The predicted molar refractivity (Wildman–Crippen MR) is 74.2 cm³/mol. The van der Waals surface area contributed by atoms with Crippen LogP contribution in [0.2, 0.25) is 0 Å². The summed E-state index contributed by atoms with van der Waals surface area (Å²) in [6, 6.07) is 11.6. The summed E-state index contributed by atoms with van der Waals surface area (Å²) in [5.41, 5.74) is 7.64. The first kappa shape index (κ1) is 12.1. The summed E-state index contributed by atoms with van der Waals surface area (Å²) in [7, 11) is 5.74. The van der Waals surface area contributed by atoms with E-state index in [1.54, 1.807) is 30.3 Å².